The zero-order valence-corrected chi connectivity index (χ0v) is 22.1. The molecule has 8 heteroatoms. The van der Waals surface area contributed by atoms with Crippen LogP contribution in [0.3, 0.4) is 0 Å². The van der Waals surface area contributed by atoms with E-state index >= 15 is 0 Å². The van der Waals surface area contributed by atoms with Crippen molar-refractivity contribution in [3.05, 3.63) is 108 Å². The molecular formula is C32H32N4O4. The van der Waals surface area contributed by atoms with Gasteiger partial charge in [-0.25, -0.2) is 0 Å². The summed E-state index contributed by atoms with van der Waals surface area (Å²) in [6.07, 6.45) is 5.29. The van der Waals surface area contributed by atoms with Crippen LogP contribution in [-0.2, 0) is 0 Å². The highest BCUT2D eigenvalue weighted by atomic mass is 16.5. The van der Waals surface area contributed by atoms with E-state index in [-0.39, 0.29) is 13.2 Å². The highest BCUT2D eigenvalue weighted by molar-refractivity contribution is 5.70. The Bertz CT molecular complexity index is 1270. The number of benzene rings is 4. The third-order valence-electron chi connectivity index (χ3n) is 5.63. The molecule has 0 atom stereocenters. The number of nitrogens with zero attached hydrogens (tertiary/aromatic N) is 4. The molecule has 0 fully saturated rings. The summed E-state index contributed by atoms with van der Waals surface area (Å²) in [5, 5.41) is 34.8. The van der Waals surface area contributed by atoms with Gasteiger partial charge >= 0.3 is 0 Å². The minimum Gasteiger partial charge on any atom is -0.494 e. The maximum Gasteiger partial charge on any atom is 0.119 e. The molecule has 0 aliphatic carbocycles. The zero-order valence-electron chi connectivity index (χ0n) is 22.1. The van der Waals surface area contributed by atoms with Crippen LogP contribution in [0.1, 0.15) is 24.0 Å². The van der Waals surface area contributed by atoms with Crippen molar-refractivity contribution in [3.63, 3.8) is 0 Å². The lowest BCUT2D eigenvalue weighted by molar-refractivity contribution is 0.233. The maximum absolute atomic E-state index is 8.82. The van der Waals surface area contributed by atoms with Crippen molar-refractivity contribution in [2.75, 3.05) is 26.4 Å². The number of rotatable bonds is 14. The molecule has 8 nitrogen and oxygen atoms in total. The summed E-state index contributed by atoms with van der Waals surface area (Å²) in [7, 11) is 0. The van der Waals surface area contributed by atoms with Crippen molar-refractivity contribution in [3.8, 4) is 11.5 Å². The molecule has 4 rings (SSSR count). The van der Waals surface area contributed by atoms with E-state index in [1.807, 2.05) is 109 Å². The number of aliphatic hydroxyl groups is 2. The van der Waals surface area contributed by atoms with Crippen LogP contribution in [0.4, 0.5) is 22.7 Å². The third-order valence-corrected chi connectivity index (χ3v) is 5.63. The average molecular weight is 537 g/mol. The smallest absolute Gasteiger partial charge is 0.119 e. The number of aliphatic hydroxyl groups excluding tert-OH is 2. The van der Waals surface area contributed by atoms with Gasteiger partial charge in [0.05, 0.1) is 36.0 Å². The largest absolute Gasteiger partial charge is 0.494 e. The van der Waals surface area contributed by atoms with Gasteiger partial charge in [-0.05, 0) is 83.9 Å². The fourth-order valence-corrected chi connectivity index (χ4v) is 3.45. The van der Waals surface area contributed by atoms with E-state index in [1.165, 1.54) is 0 Å². The molecule has 0 bridgehead atoms. The zero-order chi connectivity index (χ0) is 27.8. The van der Waals surface area contributed by atoms with Crippen molar-refractivity contribution >= 4 is 34.9 Å². The molecule has 4 aromatic carbocycles. The molecule has 0 saturated carbocycles. The minimum absolute atomic E-state index is 0.115. The lowest BCUT2D eigenvalue weighted by Gasteiger charge is -2.04. The summed E-state index contributed by atoms with van der Waals surface area (Å²) in [6, 6.07) is 30.4. The average Bonchev–Trinajstić information content (AvgIpc) is 3.00. The number of hydrogen-bond acceptors (Lipinski definition) is 8. The highest BCUT2D eigenvalue weighted by Gasteiger charge is 1.98. The summed E-state index contributed by atoms with van der Waals surface area (Å²) in [6.45, 7) is 1.19. The Morgan fingerprint density at radius 3 is 1.05 bits per heavy atom. The van der Waals surface area contributed by atoms with Gasteiger partial charge in [-0.15, -0.1) is 0 Å². The quantitative estimate of drug-likeness (QED) is 0.0961. The lowest BCUT2D eigenvalue weighted by atomic mass is 10.1. The molecule has 0 saturated heterocycles. The first-order valence-electron chi connectivity index (χ1n) is 13.1. The monoisotopic (exact) mass is 536 g/mol. The molecule has 0 heterocycles. The number of azo groups is 2. The molecule has 0 aliphatic heterocycles. The second-order valence-electron chi connectivity index (χ2n) is 8.76. The molecule has 2 N–H and O–H groups in total. The van der Waals surface area contributed by atoms with Crippen LogP contribution in [-0.4, -0.2) is 36.6 Å². The lowest BCUT2D eigenvalue weighted by Crippen LogP contribution is -1.99. The van der Waals surface area contributed by atoms with Crippen LogP contribution < -0.4 is 9.47 Å². The summed E-state index contributed by atoms with van der Waals surface area (Å²) in [5.74, 6) is 1.48. The molecule has 0 radical (unpaired) electrons. The first kappa shape index (κ1) is 28.4. The second kappa shape index (κ2) is 15.7. The van der Waals surface area contributed by atoms with Crippen LogP contribution in [0.2, 0.25) is 0 Å². The van der Waals surface area contributed by atoms with E-state index in [4.69, 9.17) is 19.7 Å². The van der Waals surface area contributed by atoms with Gasteiger partial charge in [0.1, 0.15) is 11.5 Å². The van der Waals surface area contributed by atoms with E-state index in [9.17, 15) is 0 Å². The predicted octanol–water partition coefficient (Wildman–Crippen LogP) is 8.21. The molecular weight excluding hydrogens is 504 g/mol. The minimum atomic E-state index is 0.115. The predicted molar refractivity (Wildman–Crippen MR) is 157 cm³/mol. The Morgan fingerprint density at radius 1 is 0.450 bits per heavy atom. The third kappa shape index (κ3) is 9.58. The van der Waals surface area contributed by atoms with Gasteiger partial charge in [-0.3, -0.25) is 0 Å². The Labute approximate surface area is 234 Å². The van der Waals surface area contributed by atoms with Gasteiger partial charge in [0, 0.05) is 26.1 Å². The van der Waals surface area contributed by atoms with E-state index < -0.39 is 0 Å². The van der Waals surface area contributed by atoms with Crippen molar-refractivity contribution in [1.29, 1.82) is 0 Å². The second-order valence-corrected chi connectivity index (χ2v) is 8.76. The first-order chi connectivity index (χ1) is 19.7. The molecule has 0 unspecified atom stereocenters. The molecule has 0 amide bonds. The summed E-state index contributed by atoms with van der Waals surface area (Å²) >= 11 is 0. The Hall–Kier alpha value is -4.66. The van der Waals surface area contributed by atoms with Crippen molar-refractivity contribution < 1.29 is 19.7 Å². The number of hydrogen-bond donors (Lipinski definition) is 2. The van der Waals surface area contributed by atoms with Crippen LogP contribution in [0, 0.1) is 0 Å². The van der Waals surface area contributed by atoms with Crippen molar-refractivity contribution in [2.45, 2.75) is 12.8 Å². The van der Waals surface area contributed by atoms with Gasteiger partial charge < -0.3 is 19.7 Å². The van der Waals surface area contributed by atoms with Crippen LogP contribution in [0.25, 0.3) is 12.2 Å². The van der Waals surface area contributed by atoms with Gasteiger partial charge in [0.2, 0.25) is 0 Å². The molecule has 4 aromatic rings. The van der Waals surface area contributed by atoms with E-state index in [1.54, 1.807) is 0 Å². The van der Waals surface area contributed by atoms with Gasteiger partial charge in [-0.2, -0.15) is 20.5 Å². The van der Waals surface area contributed by atoms with Gasteiger partial charge in [-0.1, -0.05) is 36.4 Å². The summed E-state index contributed by atoms with van der Waals surface area (Å²) in [5.41, 5.74) is 5.10. The number of ether oxygens (including phenoxy) is 2. The Balaban J connectivity index is 1.26. The fraction of sp³-hybridized carbons (Fsp3) is 0.188. The topological polar surface area (TPSA) is 108 Å². The standard InChI is InChI=1S/C32H32N4O4/c37-21-1-23-39-31-17-13-29(14-18-31)35-33-27-9-5-25(6-10-27)3-4-26-7-11-28(12-8-26)34-36-30-15-19-32(20-16-30)40-24-2-22-38/h3-20,37-38H,1-2,21-24H2/b4-3+,35-33?,36-34?. The molecule has 0 aromatic heterocycles. The Kier molecular flexibility index (Phi) is 11.1. The first-order valence-corrected chi connectivity index (χ1v) is 13.1. The molecule has 0 spiro atoms. The maximum atomic E-state index is 8.82. The normalized spacial score (nSPS) is 11.6. The SMILES string of the molecule is OCCCOc1ccc(N=Nc2ccc(/C=C/c3ccc(N=Nc4ccc(OCCCO)cc4)cc3)cc2)cc1. The van der Waals surface area contributed by atoms with Crippen LogP contribution in [0.5, 0.6) is 11.5 Å². The molecule has 0 aliphatic rings. The van der Waals surface area contributed by atoms with Gasteiger partial charge in [0.25, 0.3) is 0 Å². The van der Waals surface area contributed by atoms with Crippen LogP contribution >= 0.6 is 0 Å². The van der Waals surface area contributed by atoms with Crippen molar-refractivity contribution in [1.82, 2.24) is 0 Å². The van der Waals surface area contributed by atoms with E-state index in [0.717, 1.165) is 45.4 Å². The highest BCUT2D eigenvalue weighted by Crippen LogP contribution is 2.24. The van der Waals surface area contributed by atoms with E-state index in [0.29, 0.717) is 26.1 Å². The van der Waals surface area contributed by atoms with E-state index in [2.05, 4.69) is 20.5 Å². The van der Waals surface area contributed by atoms with Crippen LogP contribution in [0.15, 0.2) is 118 Å². The molecule has 204 valence electrons. The molecule has 40 heavy (non-hydrogen) atoms. The van der Waals surface area contributed by atoms with Gasteiger partial charge in [0.15, 0.2) is 0 Å². The summed E-state index contributed by atoms with van der Waals surface area (Å²) in [4.78, 5) is 0. The fourth-order valence-electron chi connectivity index (χ4n) is 3.45. The Morgan fingerprint density at radius 2 is 0.750 bits per heavy atom. The summed E-state index contributed by atoms with van der Waals surface area (Å²) < 4.78 is 11.0. The van der Waals surface area contributed by atoms with Crippen molar-refractivity contribution in [2.24, 2.45) is 20.5 Å².